The number of hydrogen-bond donors (Lipinski definition) is 0. The Morgan fingerprint density at radius 2 is 1.35 bits per heavy atom. The Hall–Kier alpha value is -3.14. The Morgan fingerprint density at radius 3 is 1.84 bits per heavy atom. The molecule has 0 amide bonds. The normalized spacial score (nSPS) is 18.0. The quantitative estimate of drug-likeness (QED) is 0.230. The molecular formula is C27H23BF6O3. The van der Waals surface area contributed by atoms with Gasteiger partial charge in [-0.05, 0) is 61.1 Å². The largest absolute Gasteiger partial charge is 0.491 e. The molecular weight excluding hydrogens is 497 g/mol. The van der Waals surface area contributed by atoms with Crippen molar-refractivity contribution in [2.24, 2.45) is 5.92 Å². The van der Waals surface area contributed by atoms with E-state index < -0.39 is 41.2 Å². The lowest BCUT2D eigenvalue weighted by molar-refractivity contribution is -0.265. The molecule has 1 aliphatic rings. The van der Waals surface area contributed by atoms with E-state index >= 15 is 0 Å². The van der Waals surface area contributed by atoms with Gasteiger partial charge in [-0.1, -0.05) is 30.6 Å². The Labute approximate surface area is 211 Å². The SMILES string of the molecule is [B]CC1CCC(C(F)(F)Oc2ccc(-c3ccc(-c4ccc(OCC)c(F)c4F)cc3)c(F)c2F)OC1. The van der Waals surface area contributed by atoms with E-state index in [9.17, 15) is 26.3 Å². The summed E-state index contributed by atoms with van der Waals surface area (Å²) >= 11 is 0. The zero-order chi connectivity index (χ0) is 26.7. The van der Waals surface area contributed by atoms with Crippen molar-refractivity contribution in [2.45, 2.75) is 38.3 Å². The fraction of sp³-hybridized carbons (Fsp3) is 0.333. The molecule has 10 heteroatoms. The van der Waals surface area contributed by atoms with Crippen molar-refractivity contribution in [1.29, 1.82) is 0 Å². The first kappa shape index (κ1) is 26.9. The monoisotopic (exact) mass is 520 g/mol. The summed E-state index contributed by atoms with van der Waals surface area (Å²) in [6.45, 7) is 1.83. The van der Waals surface area contributed by atoms with E-state index in [4.69, 9.17) is 17.3 Å². The van der Waals surface area contributed by atoms with Crippen LogP contribution in [0.25, 0.3) is 22.3 Å². The van der Waals surface area contributed by atoms with Crippen LogP contribution in [-0.2, 0) is 4.74 Å². The Bertz CT molecular complexity index is 1240. The number of ether oxygens (including phenoxy) is 3. The van der Waals surface area contributed by atoms with Crippen LogP contribution in [0.2, 0.25) is 6.32 Å². The predicted octanol–water partition coefficient (Wildman–Crippen LogP) is 7.33. The van der Waals surface area contributed by atoms with E-state index in [1.807, 2.05) is 0 Å². The first-order valence-corrected chi connectivity index (χ1v) is 11.7. The molecule has 1 fully saturated rings. The average molecular weight is 520 g/mol. The lowest BCUT2D eigenvalue weighted by Gasteiger charge is -2.33. The molecule has 1 heterocycles. The van der Waals surface area contributed by atoms with Crippen molar-refractivity contribution >= 4 is 7.85 Å². The molecule has 0 saturated carbocycles. The van der Waals surface area contributed by atoms with Gasteiger partial charge >= 0.3 is 6.11 Å². The molecule has 0 bridgehead atoms. The lowest BCUT2D eigenvalue weighted by Crippen LogP contribution is -2.44. The van der Waals surface area contributed by atoms with Crippen LogP contribution >= 0.6 is 0 Å². The third-order valence-electron chi connectivity index (χ3n) is 6.22. The maximum Gasteiger partial charge on any atom is 0.424 e. The second-order valence-corrected chi connectivity index (χ2v) is 8.65. The van der Waals surface area contributed by atoms with Gasteiger partial charge in [-0.3, -0.25) is 0 Å². The maximum atomic E-state index is 14.9. The molecule has 2 atom stereocenters. The average Bonchev–Trinajstić information content (AvgIpc) is 2.90. The van der Waals surface area contributed by atoms with Gasteiger partial charge in [0.05, 0.1) is 14.5 Å². The van der Waals surface area contributed by atoms with Crippen molar-refractivity contribution in [3.63, 3.8) is 0 Å². The minimum atomic E-state index is -3.88. The van der Waals surface area contributed by atoms with Gasteiger partial charge in [0.1, 0.15) is 0 Å². The molecule has 0 N–H and O–H groups in total. The molecule has 2 unspecified atom stereocenters. The fourth-order valence-corrected chi connectivity index (χ4v) is 4.15. The Morgan fingerprint density at radius 1 is 0.811 bits per heavy atom. The third kappa shape index (κ3) is 5.59. The van der Waals surface area contributed by atoms with E-state index in [0.717, 1.165) is 12.1 Å². The van der Waals surface area contributed by atoms with Gasteiger partial charge in [-0.15, -0.1) is 0 Å². The standard InChI is InChI=1S/C27H23BF6O3/c1-2-35-20-10-8-18(23(29)25(20)31)16-4-6-17(7-5-16)19-9-11-21(26(32)24(19)30)37-27(33,34)22-12-3-15(13-28)14-36-22/h4-11,15,22H,2-3,12-14H2,1H3. The molecule has 194 valence electrons. The number of benzene rings is 3. The van der Waals surface area contributed by atoms with Crippen LogP contribution in [0.3, 0.4) is 0 Å². The Balaban J connectivity index is 1.53. The van der Waals surface area contributed by atoms with Crippen molar-refractivity contribution in [1.82, 2.24) is 0 Å². The number of halogens is 6. The van der Waals surface area contributed by atoms with Crippen LogP contribution in [0.1, 0.15) is 19.8 Å². The van der Waals surface area contributed by atoms with Crippen molar-refractivity contribution < 1.29 is 40.6 Å². The van der Waals surface area contributed by atoms with Crippen LogP contribution in [0, 0.1) is 29.2 Å². The van der Waals surface area contributed by atoms with Crippen LogP contribution in [0.5, 0.6) is 11.5 Å². The summed E-state index contributed by atoms with van der Waals surface area (Å²) in [6, 6.07) is 10.2. The minimum Gasteiger partial charge on any atom is -0.491 e. The highest BCUT2D eigenvalue weighted by atomic mass is 19.3. The van der Waals surface area contributed by atoms with E-state index in [1.165, 1.54) is 36.4 Å². The minimum absolute atomic E-state index is 0.0269. The third-order valence-corrected chi connectivity index (χ3v) is 6.22. The second kappa shape index (κ2) is 11.1. The van der Waals surface area contributed by atoms with E-state index in [0.29, 0.717) is 12.7 Å². The van der Waals surface area contributed by atoms with Gasteiger partial charge in [0.2, 0.25) is 11.6 Å². The van der Waals surface area contributed by atoms with Gasteiger partial charge in [-0.25, -0.2) is 8.78 Å². The zero-order valence-electron chi connectivity index (χ0n) is 19.9. The van der Waals surface area contributed by atoms with Gasteiger partial charge in [0.15, 0.2) is 29.2 Å². The molecule has 0 aliphatic carbocycles. The molecule has 0 aromatic heterocycles. The molecule has 4 rings (SSSR count). The summed E-state index contributed by atoms with van der Waals surface area (Å²) < 4.78 is 102. The van der Waals surface area contributed by atoms with Crippen LogP contribution in [-0.4, -0.2) is 33.3 Å². The molecule has 3 aromatic rings. The molecule has 3 aromatic carbocycles. The molecule has 1 aliphatic heterocycles. The second-order valence-electron chi connectivity index (χ2n) is 8.65. The van der Waals surface area contributed by atoms with Gasteiger partial charge in [-0.2, -0.15) is 17.6 Å². The summed E-state index contributed by atoms with van der Waals surface area (Å²) in [5.41, 5.74) is 0.201. The highest BCUT2D eigenvalue weighted by molar-refractivity contribution is 6.08. The van der Waals surface area contributed by atoms with Gasteiger partial charge in [0.25, 0.3) is 0 Å². The van der Waals surface area contributed by atoms with Crippen LogP contribution in [0.4, 0.5) is 26.3 Å². The summed E-state index contributed by atoms with van der Waals surface area (Å²) in [6.07, 6.45) is -4.83. The molecule has 3 nitrogen and oxygen atoms in total. The molecule has 37 heavy (non-hydrogen) atoms. The van der Waals surface area contributed by atoms with Crippen LogP contribution < -0.4 is 9.47 Å². The smallest absolute Gasteiger partial charge is 0.424 e. The van der Waals surface area contributed by atoms with Crippen molar-refractivity contribution in [2.75, 3.05) is 13.2 Å². The first-order valence-electron chi connectivity index (χ1n) is 11.7. The van der Waals surface area contributed by atoms with E-state index in [2.05, 4.69) is 4.74 Å². The fourth-order valence-electron chi connectivity index (χ4n) is 4.15. The highest BCUT2D eigenvalue weighted by Gasteiger charge is 2.46. The number of alkyl halides is 2. The molecule has 2 radical (unpaired) electrons. The lowest BCUT2D eigenvalue weighted by atomic mass is 9.86. The molecule has 0 spiro atoms. The first-order chi connectivity index (χ1) is 17.7. The summed E-state index contributed by atoms with van der Waals surface area (Å²) in [7, 11) is 5.52. The van der Waals surface area contributed by atoms with Gasteiger partial charge in [0, 0.05) is 17.7 Å². The highest BCUT2D eigenvalue weighted by Crippen LogP contribution is 2.37. The van der Waals surface area contributed by atoms with Crippen LogP contribution in [0.15, 0.2) is 48.5 Å². The Kier molecular flexibility index (Phi) is 8.06. The number of hydrogen-bond acceptors (Lipinski definition) is 3. The van der Waals surface area contributed by atoms with E-state index in [-0.39, 0.29) is 53.6 Å². The summed E-state index contributed by atoms with van der Waals surface area (Å²) in [5, 5.41) is 0. The van der Waals surface area contributed by atoms with Gasteiger partial charge < -0.3 is 14.2 Å². The topological polar surface area (TPSA) is 27.7 Å². The molecule has 1 saturated heterocycles. The van der Waals surface area contributed by atoms with Crippen molar-refractivity contribution in [3.05, 3.63) is 71.8 Å². The zero-order valence-corrected chi connectivity index (χ0v) is 19.9. The summed E-state index contributed by atoms with van der Waals surface area (Å²) in [5.74, 6) is -6.46. The van der Waals surface area contributed by atoms with E-state index in [1.54, 1.807) is 6.92 Å². The number of rotatable bonds is 8. The summed E-state index contributed by atoms with van der Waals surface area (Å²) in [4.78, 5) is 0. The maximum absolute atomic E-state index is 14.9. The van der Waals surface area contributed by atoms with Crippen molar-refractivity contribution in [3.8, 4) is 33.8 Å². The predicted molar refractivity (Wildman–Crippen MR) is 127 cm³/mol.